The minimum absolute atomic E-state index is 0.184. The van der Waals surface area contributed by atoms with E-state index in [1.165, 1.54) is 4.41 Å². The van der Waals surface area contributed by atoms with Gasteiger partial charge in [-0.25, -0.2) is 4.98 Å². The fraction of sp³-hybridized carbons (Fsp3) is 0.120. The van der Waals surface area contributed by atoms with E-state index in [9.17, 15) is 8.42 Å². The Morgan fingerprint density at radius 1 is 0.938 bits per heavy atom. The fourth-order valence-corrected chi connectivity index (χ4v) is 5.70. The number of hydrogen-bond acceptors (Lipinski definition) is 4. The van der Waals surface area contributed by atoms with Crippen molar-refractivity contribution < 1.29 is 8.42 Å². The van der Waals surface area contributed by atoms with Crippen LogP contribution in [0.5, 0.6) is 0 Å². The van der Waals surface area contributed by atoms with Crippen LogP contribution in [0.25, 0.3) is 10.9 Å². The molecule has 32 heavy (non-hydrogen) atoms. The van der Waals surface area contributed by atoms with Crippen molar-refractivity contribution >= 4 is 38.2 Å². The summed E-state index contributed by atoms with van der Waals surface area (Å²) < 4.78 is 28.4. The number of sulfonamides is 1. The Hall–Kier alpha value is -3.22. The van der Waals surface area contributed by atoms with Crippen LogP contribution in [0.4, 0.5) is 0 Å². The quantitative estimate of drug-likeness (QED) is 0.364. The number of para-hydroxylation sites is 1. The first-order valence-corrected chi connectivity index (χ1v) is 12.0. The summed E-state index contributed by atoms with van der Waals surface area (Å²) in [5.41, 5.74) is 4.07. The monoisotopic (exact) mass is 461 g/mol. The molecule has 1 atom stereocenters. The summed E-state index contributed by atoms with van der Waals surface area (Å²) in [6.07, 6.45) is 0.398. The molecule has 160 valence electrons. The molecule has 4 aromatic rings. The van der Waals surface area contributed by atoms with E-state index in [0.717, 1.165) is 22.0 Å². The van der Waals surface area contributed by atoms with Gasteiger partial charge >= 0.3 is 0 Å². The number of nitrogens with zero attached hydrogens (tertiary/aromatic N) is 3. The number of pyridine rings is 1. The molecule has 7 heteroatoms. The molecular formula is C25H20ClN3O2S. The van der Waals surface area contributed by atoms with Crippen LogP contribution in [0.2, 0.25) is 5.15 Å². The van der Waals surface area contributed by atoms with Gasteiger partial charge in [-0.2, -0.15) is 17.9 Å². The minimum Gasteiger partial charge on any atom is -0.236 e. The van der Waals surface area contributed by atoms with Gasteiger partial charge in [-0.1, -0.05) is 77.8 Å². The van der Waals surface area contributed by atoms with Crippen LogP contribution < -0.4 is 0 Å². The first-order chi connectivity index (χ1) is 15.4. The van der Waals surface area contributed by atoms with Crippen LogP contribution >= 0.6 is 11.6 Å². The Morgan fingerprint density at radius 2 is 1.69 bits per heavy atom. The molecule has 0 saturated carbocycles. The molecule has 0 aliphatic carbocycles. The SMILES string of the molecule is Cc1cccc(C2=NN(S(=O)(=O)c3ccccc3)[C@@H](c3cc4ccccc4nc3Cl)C2)c1. The number of aromatic nitrogens is 1. The molecule has 0 saturated heterocycles. The maximum absolute atomic E-state index is 13.6. The first-order valence-electron chi connectivity index (χ1n) is 10.2. The molecule has 1 aromatic heterocycles. The Bertz CT molecular complexity index is 1450. The third-order valence-electron chi connectivity index (χ3n) is 5.57. The number of hydrogen-bond donors (Lipinski definition) is 0. The lowest BCUT2D eigenvalue weighted by Gasteiger charge is -2.24. The highest BCUT2D eigenvalue weighted by Gasteiger charge is 2.39. The van der Waals surface area contributed by atoms with Crippen molar-refractivity contribution in [2.75, 3.05) is 0 Å². The smallest absolute Gasteiger partial charge is 0.236 e. The number of rotatable bonds is 4. The van der Waals surface area contributed by atoms with Crippen molar-refractivity contribution in [2.45, 2.75) is 24.3 Å². The molecule has 0 bridgehead atoms. The van der Waals surface area contributed by atoms with Crippen molar-refractivity contribution in [3.8, 4) is 0 Å². The predicted molar refractivity (Wildman–Crippen MR) is 127 cm³/mol. The van der Waals surface area contributed by atoms with Crippen molar-refractivity contribution in [3.05, 3.63) is 107 Å². The zero-order valence-electron chi connectivity index (χ0n) is 17.3. The van der Waals surface area contributed by atoms with E-state index in [-0.39, 0.29) is 10.0 Å². The van der Waals surface area contributed by atoms with E-state index in [1.807, 2.05) is 61.5 Å². The normalized spacial score (nSPS) is 16.4. The third kappa shape index (κ3) is 3.66. The summed E-state index contributed by atoms with van der Waals surface area (Å²) >= 11 is 6.58. The van der Waals surface area contributed by atoms with Crippen LogP contribution in [-0.2, 0) is 10.0 Å². The first kappa shape index (κ1) is 20.7. The lowest BCUT2D eigenvalue weighted by molar-refractivity contribution is 0.371. The maximum atomic E-state index is 13.6. The lowest BCUT2D eigenvalue weighted by Crippen LogP contribution is -2.27. The number of aryl methyl sites for hydroxylation is 1. The Morgan fingerprint density at radius 3 is 2.47 bits per heavy atom. The molecule has 5 nitrogen and oxygen atoms in total. The van der Waals surface area contributed by atoms with Gasteiger partial charge in [0.2, 0.25) is 0 Å². The van der Waals surface area contributed by atoms with Crippen LogP contribution in [-0.4, -0.2) is 23.5 Å². The van der Waals surface area contributed by atoms with Crippen molar-refractivity contribution in [1.29, 1.82) is 0 Å². The average Bonchev–Trinajstić information content (AvgIpc) is 3.25. The van der Waals surface area contributed by atoms with Gasteiger partial charge < -0.3 is 0 Å². The van der Waals surface area contributed by atoms with Gasteiger partial charge in [-0.3, -0.25) is 0 Å². The van der Waals surface area contributed by atoms with Crippen molar-refractivity contribution in [1.82, 2.24) is 9.40 Å². The Labute approximate surface area is 192 Å². The molecule has 0 radical (unpaired) electrons. The van der Waals surface area contributed by atoms with Gasteiger partial charge in [-0.15, -0.1) is 0 Å². The van der Waals surface area contributed by atoms with Crippen LogP contribution in [0, 0.1) is 6.92 Å². The number of fused-ring (bicyclic) bond motifs is 1. The minimum atomic E-state index is -3.90. The molecule has 2 heterocycles. The largest absolute Gasteiger partial charge is 0.279 e. The molecule has 0 fully saturated rings. The second-order valence-corrected chi connectivity index (χ2v) is 9.94. The van der Waals surface area contributed by atoms with E-state index in [1.54, 1.807) is 30.3 Å². The highest BCUT2D eigenvalue weighted by molar-refractivity contribution is 7.89. The molecular weight excluding hydrogens is 442 g/mol. The summed E-state index contributed by atoms with van der Waals surface area (Å²) in [5.74, 6) is 0. The predicted octanol–water partition coefficient (Wildman–Crippen LogP) is 5.74. The summed E-state index contributed by atoms with van der Waals surface area (Å²) in [6, 6.07) is 25.2. The van der Waals surface area contributed by atoms with Gasteiger partial charge in [0.15, 0.2) is 0 Å². The van der Waals surface area contributed by atoms with Gasteiger partial charge in [0, 0.05) is 17.4 Å². The average molecular weight is 462 g/mol. The van der Waals surface area contributed by atoms with Crippen LogP contribution in [0.1, 0.15) is 29.2 Å². The number of benzene rings is 3. The van der Waals surface area contributed by atoms with Gasteiger partial charge in [0.1, 0.15) is 5.15 Å². The van der Waals surface area contributed by atoms with E-state index >= 15 is 0 Å². The number of hydrazone groups is 1. The van der Waals surface area contributed by atoms with Gasteiger partial charge in [0.25, 0.3) is 10.0 Å². The van der Waals surface area contributed by atoms with Crippen LogP contribution in [0.3, 0.4) is 0 Å². The van der Waals surface area contributed by atoms with Crippen LogP contribution in [0.15, 0.2) is 94.9 Å². The van der Waals surface area contributed by atoms with Gasteiger partial charge in [-0.05, 0) is 36.8 Å². The molecule has 0 N–H and O–H groups in total. The summed E-state index contributed by atoms with van der Waals surface area (Å²) in [4.78, 5) is 4.70. The van der Waals surface area contributed by atoms with Crippen molar-refractivity contribution in [3.63, 3.8) is 0 Å². The maximum Gasteiger partial charge on any atom is 0.279 e. The summed E-state index contributed by atoms with van der Waals surface area (Å²) in [6.45, 7) is 2.00. The lowest BCUT2D eigenvalue weighted by atomic mass is 9.98. The Kier molecular flexibility index (Phi) is 5.19. The molecule has 0 amide bonds. The van der Waals surface area contributed by atoms with E-state index in [2.05, 4.69) is 10.1 Å². The molecule has 1 aliphatic rings. The summed E-state index contributed by atoms with van der Waals surface area (Å²) in [7, 11) is -3.90. The second-order valence-electron chi connectivity index (χ2n) is 7.79. The van der Waals surface area contributed by atoms with E-state index < -0.39 is 16.1 Å². The zero-order valence-corrected chi connectivity index (χ0v) is 18.9. The third-order valence-corrected chi connectivity index (χ3v) is 7.57. The standard InChI is InChI=1S/C25H20ClN3O2S/c1-17-8-7-10-18(14-17)23-16-24(21-15-19-9-5-6-13-22(19)27-25(21)26)29(28-23)32(30,31)20-11-3-2-4-12-20/h2-15,24H,16H2,1H3/t24-/m1/s1. The molecule has 0 unspecified atom stereocenters. The molecule has 3 aromatic carbocycles. The molecule has 0 spiro atoms. The second kappa shape index (κ2) is 8.04. The molecule has 1 aliphatic heterocycles. The Balaban J connectivity index is 1.66. The zero-order chi connectivity index (χ0) is 22.3. The number of halogens is 1. The van der Waals surface area contributed by atoms with E-state index in [4.69, 9.17) is 11.6 Å². The topological polar surface area (TPSA) is 62.6 Å². The highest BCUT2D eigenvalue weighted by Crippen LogP contribution is 2.40. The van der Waals surface area contributed by atoms with Gasteiger partial charge in [0.05, 0.1) is 22.2 Å². The van der Waals surface area contributed by atoms with Crippen molar-refractivity contribution in [2.24, 2.45) is 5.10 Å². The molecule has 5 rings (SSSR count). The summed E-state index contributed by atoms with van der Waals surface area (Å²) in [5, 5.41) is 5.78. The fourth-order valence-electron chi connectivity index (χ4n) is 3.98. The van der Waals surface area contributed by atoms with E-state index in [0.29, 0.717) is 17.7 Å². The highest BCUT2D eigenvalue weighted by atomic mass is 35.5.